The van der Waals surface area contributed by atoms with E-state index >= 15 is 0 Å². The minimum Gasteiger partial charge on any atom is -0.450 e. The molecule has 6 atom stereocenters. The minimum atomic E-state index is -1.30. The van der Waals surface area contributed by atoms with Gasteiger partial charge in [-0.15, -0.1) is 0 Å². The fraction of sp³-hybridized carbons (Fsp3) is 0.362. The molecule has 3 aromatic heterocycles. The molecular formula is C58H70B3N11O9. The lowest BCUT2D eigenvalue weighted by Crippen LogP contribution is -2.69. The largest absolute Gasteiger partial charge is 0.453 e. The molecule has 0 spiro atoms. The number of hydrogen-bond acceptors (Lipinski definition) is 14. The van der Waals surface area contributed by atoms with Crippen LogP contribution in [0.15, 0.2) is 153 Å². The number of nitrogens with zero attached hydrogens (tertiary/aromatic N) is 5. The second kappa shape index (κ2) is 30.5. The maximum Gasteiger partial charge on any atom is 0.453 e. The van der Waals surface area contributed by atoms with Gasteiger partial charge in [0.25, 0.3) is 17.7 Å². The van der Waals surface area contributed by atoms with E-state index in [9.17, 15) is 28.8 Å². The quantitative estimate of drug-likeness (QED) is 0.0378. The Morgan fingerprint density at radius 1 is 0.383 bits per heavy atom. The highest BCUT2D eigenvalue weighted by Gasteiger charge is 2.52. The van der Waals surface area contributed by atoms with Crippen LogP contribution in [0.4, 0.5) is 0 Å². The van der Waals surface area contributed by atoms with Crippen LogP contribution < -0.4 is 31.9 Å². The highest BCUT2D eigenvalue weighted by Crippen LogP contribution is 2.25. The standard InChI is InChI=1S/C58H70B3N11O9/c1-38(2)30-50(70-54(74)45(33-41-18-10-7-11-19-41)67-53(73)44-24-16-17-25-64-44)59-79-60(51(31-39(3)4)71-55(75)46(34-42-20-12-8-13-21-42)68-57(77)48-36-62-26-28-65-48)81-61(80-59)52(32-40(5)6)72-56(76)47(35-43-22-14-9-15-23-43)69-58(78)49-37-63-27-29-66-49/h7-29,36-40,45-47,50-52H,30-35H2,1-6H3,(H,67,73)(H,68,77)(H,69,78)(H,70,74)(H,71,75)(H,72,76)/t45-,46-,47+,50-,51-,52-/m0/s1. The molecule has 81 heavy (non-hydrogen) atoms. The first-order valence-corrected chi connectivity index (χ1v) is 27.4. The summed E-state index contributed by atoms with van der Waals surface area (Å²) in [5.74, 6) is -6.40. The molecule has 3 aromatic carbocycles. The third kappa shape index (κ3) is 19.0. The Kier molecular flexibility index (Phi) is 22.7. The first-order valence-electron chi connectivity index (χ1n) is 27.4. The molecule has 7 rings (SSSR count). The number of carbonyl (C=O) groups is 6. The maximum absolute atomic E-state index is 14.9. The molecule has 1 saturated heterocycles. The van der Waals surface area contributed by atoms with E-state index in [-0.39, 0.29) is 54.1 Å². The summed E-state index contributed by atoms with van der Waals surface area (Å²) in [5.41, 5.74) is 2.49. The van der Waals surface area contributed by atoms with Crippen LogP contribution in [0.1, 0.15) is 109 Å². The van der Waals surface area contributed by atoms with E-state index < -0.39 is 92.7 Å². The molecule has 4 heterocycles. The number of nitrogens with one attached hydrogen (secondary N) is 6. The van der Waals surface area contributed by atoms with E-state index in [1.807, 2.05) is 133 Å². The Morgan fingerprint density at radius 3 is 0.975 bits per heavy atom. The van der Waals surface area contributed by atoms with Crippen LogP contribution >= 0.6 is 0 Å². The van der Waals surface area contributed by atoms with Gasteiger partial charge in [0.2, 0.25) is 17.7 Å². The van der Waals surface area contributed by atoms with Crippen LogP contribution in [-0.4, -0.2) is 118 Å². The zero-order chi connectivity index (χ0) is 57.7. The van der Waals surface area contributed by atoms with Crippen molar-refractivity contribution in [1.82, 2.24) is 56.8 Å². The summed E-state index contributed by atoms with van der Waals surface area (Å²) in [6, 6.07) is 29.4. The van der Waals surface area contributed by atoms with Crippen molar-refractivity contribution in [3.63, 3.8) is 0 Å². The van der Waals surface area contributed by atoms with E-state index in [4.69, 9.17) is 13.7 Å². The fourth-order valence-electron chi connectivity index (χ4n) is 9.35. The fourth-order valence-corrected chi connectivity index (χ4v) is 9.35. The van der Waals surface area contributed by atoms with Gasteiger partial charge < -0.3 is 45.6 Å². The molecule has 6 amide bonds. The monoisotopic (exact) mass is 1100 g/mol. The average Bonchev–Trinajstić information content (AvgIpc) is 3.50. The topological polar surface area (TPSA) is 267 Å². The van der Waals surface area contributed by atoms with Gasteiger partial charge in [0.15, 0.2) is 0 Å². The van der Waals surface area contributed by atoms with Crippen LogP contribution in [0.5, 0.6) is 0 Å². The minimum absolute atomic E-state index is 0.0157. The van der Waals surface area contributed by atoms with Crippen molar-refractivity contribution >= 4 is 56.8 Å². The van der Waals surface area contributed by atoms with Gasteiger partial charge in [-0.1, -0.05) is 139 Å². The van der Waals surface area contributed by atoms with Gasteiger partial charge in [-0.3, -0.25) is 43.7 Å². The Balaban J connectivity index is 1.25. The predicted octanol–water partition coefficient (Wildman–Crippen LogP) is 4.82. The van der Waals surface area contributed by atoms with Crippen molar-refractivity contribution < 1.29 is 42.5 Å². The van der Waals surface area contributed by atoms with E-state index in [0.29, 0.717) is 19.3 Å². The molecular weight excluding hydrogens is 1030 g/mol. The normalized spacial score (nSPS) is 14.7. The van der Waals surface area contributed by atoms with E-state index in [0.717, 1.165) is 16.7 Å². The van der Waals surface area contributed by atoms with E-state index in [1.165, 1.54) is 43.4 Å². The summed E-state index contributed by atoms with van der Waals surface area (Å²) in [7, 11) is -3.89. The van der Waals surface area contributed by atoms with Gasteiger partial charge in [0, 0.05) is 50.2 Å². The maximum atomic E-state index is 14.9. The number of aromatic nitrogens is 5. The van der Waals surface area contributed by atoms with Crippen LogP contribution in [0, 0.1) is 17.8 Å². The molecule has 20 nitrogen and oxygen atoms in total. The summed E-state index contributed by atoms with van der Waals surface area (Å²) >= 11 is 0. The molecule has 1 aliphatic heterocycles. The molecule has 6 aromatic rings. The van der Waals surface area contributed by atoms with Crippen molar-refractivity contribution in [1.29, 1.82) is 0 Å². The predicted molar refractivity (Wildman–Crippen MR) is 307 cm³/mol. The number of carbonyl (C=O) groups excluding carboxylic acids is 6. The summed E-state index contributed by atoms with van der Waals surface area (Å²) in [4.78, 5) is 106. The van der Waals surface area contributed by atoms with Gasteiger partial charge in [-0.2, -0.15) is 0 Å². The lowest BCUT2D eigenvalue weighted by molar-refractivity contribution is -0.124. The third-order valence-electron chi connectivity index (χ3n) is 13.2. The number of rotatable bonds is 27. The molecule has 23 heteroatoms. The molecule has 0 bridgehead atoms. The Bertz CT molecular complexity index is 2630. The summed E-state index contributed by atoms with van der Waals surface area (Å²) in [6.45, 7) is 11.9. The highest BCUT2D eigenvalue weighted by molar-refractivity contribution is 6.75. The van der Waals surface area contributed by atoms with Gasteiger partial charge in [-0.05, 0) is 65.8 Å². The molecule has 1 aliphatic rings. The van der Waals surface area contributed by atoms with E-state index in [1.54, 1.807) is 18.2 Å². The number of amides is 6. The van der Waals surface area contributed by atoms with Crippen molar-refractivity contribution in [2.24, 2.45) is 17.8 Å². The number of hydrogen-bond donors (Lipinski definition) is 6. The molecule has 0 unspecified atom stereocenters. The zero-order valence-corrected chi connectivity index (χ0v) is 46.5. The van der Waals surface area contributed by atoms with Crippen LogP contribution in [0.3, 0.4) is 0 Å². The SMILES string of the molecule is CC(C)C[C@H](NC(=O)[C@H](Cc1ccccc1)NC(=O)c1ccccn1)B1OB([C@H](CC(C)C)NC(=O)[C@H](Cc2ccccc2)NC(=O)c2cnccn2)OB([C@H](CC(C)C)NC(=O)[C@@H](Cc2ccccc2)NC(=O)c2cnccn2)O1. The average molecular weight is 1100 g/mol. The summed E-state index contributed by atoms with van der Waals surface area (Å²) in [6.07, 6.45) is 11.0. The first kappa shape index (κ1) is 60.5. The lowest BCUT2D eigenvalue weighted by atomic mass is 9.58. The molecule has 0 aliphatic carbocycles. The molecule has 0 radical (unpaired) electrons. The summed E-state index contributed by atoms with van der Waals surface area (Å²) in [5, 5.41) is 18.1. The van der Waals surface area contributed by atoms with Crippen LogP contribution in [0.2, 0.25) is 0 Å². The number of benzene rings is 3. The van der Waals surface area contributed by atoms with Crippen LogP contribution in [0.25, 0.3) is 0 Å². The highest BCUT2D eigenvalue weighted by atomic mass is 16.7. The zero-order valence-electron chi connectivity index (χ0n) is 46.5. The molecule has 420 valence electrons. The van der Waals surface area contributed by atoms with E-state index in [2.05, 4.69) is 56.8 Å². The van der Waals surface area contributed by atoms with Gasteiger partial charge >= 0.3 is 21.4 Å². The third-order valence-corrected chi connectivity index (χ3v) is 13.2. The first-order chi connectivity index (χ1) is 39.1. The Labute approximate surface area is 474 Å². The van der Waals surface area contributed by atoms with Crippen molar-refractivity contribution in [3.05, 3.63) is 186 Å². The Hall–Kier alpha value is -8.14. The van der Waals surface area contributed by atoms with Crippen molar-refractivity contribution in [2.75, 3.05) is 0 Å². The van der Waals surface area contributed by atoms with Crippen molar-refractivity contribution in [2.45, 2.75) is 116 Å². The van der Waals surface area contributed by atoms with Gasteiger partial charge in [-0.25, -0.2) is 9.97 Å². The Morgan fingerprint density at radius 2 is 0.691 bits per heavy atom. The lowest BCUT2D eigenvalue weighted by Gasteiger charge is -2.41. The molecule has 0 saturated carbocycles. The van der Waals surface area contributed by atoms with Crippen molar-refractivity contribution in [3.8, 4) is 0 Å². The second-order valence-corrected chi connectivity index (χ2v) is 21.3. The second-order valence-electron chi connectivity index (χ2n) is 21.3. The molecule has 6 N–H and O–H groups in total. The van der Waals surface area contributed by atoms with Gasteiger partial charge in [0.05, 0.1) is 30.2 Å². The number of pyridine rings is 1. The van der Waals surface area contributed by atoms with Crippen LogP contribution in [-0.2, 0) is 47.4 Å². The van der Waals surface area contributed by atoms with Gasteiger partial charge in [0.1, 0.15) is 35.2 Å². The molecule has 1 fully saturated rings. The smallest absolute Gasteiger partial charge is 0.450 e. The summed E-state index contributed by atoms with van der Waals surface area (Å²) < 4.78 is 20.6.